The van der Waals surface area contributed by atoms with Gasteiger partial charge in [-0.3, -0.25) is 4.79 Å². The number of furan rings is 2. The Labute approximate surface area is 177 Å². The molecule has 29 heavy (non-hydrogen) atoms. The smallest absolute Gasteiger partial charge is 0.237 e. The second-order valence-electron chi connectivity index (χ2n) is 6.60. The van der Waals surface area contributed by atoms with E-state index in [0.717, 1.165) is 40.8 Å². The Kier molecular flexibility index (Phi) is 6.68. The SMILES string of the molecule is O=C(CSc1nnc(NCc2ccco2)s1)N(Cc1ccco1)C1=CCCCC1. The summed E-state index contributed by atoms with van der Waals surface area (Å²) >= 11 is 2.84. The van der Waals surface area contributed by atoms with Crippen LogP contribution in [0.4, 0.5) is 5.13 Å². The fourth-order valence-electron chi connectivity index (χ4n) is 3.09. The number of amides is 1. The Hall–Kier alpha value is -2.52. The minimum atomic E-state index is 0.0554. The zero-order valence-electron chi connectivity index (χ0n) is 15.9. The molecule has 1 aliphatic carbocycles. The van der Waals surface area contributed by atoms with Crippen molar-refractivity contribution in [3.63, 3.8) is 0 Å². The van der Waals surface area contributed by atoms with Crippen molar-refractivity contribution in [3.8, 4) is 0 Å². The first-order valence-corrected chi connectivity index (χ1v) is 11.3. The average molecular weight is 431 g/mol. The van der Waals surface area contributed by atoms with E-state index in [9.17, 15) is 4.79 Å². The van der Waals surface area contributed by atoms with Gasteiger partial charge in [0, 0.05) is 5.70 Å². The van der Waals surface area contributed by atoms with Crippen LogP contribution in [0.3, 0.4) is 0 Å². The fraction of sp³-hybridized carbons (Fsp3) is 0.350. The van der Waals surface area contributed by atoms with Crippen molar-refractivity contribution < 1.29 is 13.6 Å². The first-order valence-electron chi connectivity index (χ1n) is 9.52. The minimum absolute atomic E-state index is 0.0554. The quantitative estimate of drug-likeness (QED) is 0.483. The molecule has 152 valence electrons. The molecule has 3 aromatic rings. The van der Waals surface area contributed by atoms with Gasteiger partial charge in [0.05, 0.1) is 31.4 Å². The lowest BCUT2D eigenvalue weighted by molar-refractivity contribution is -0.127. The molecule has 0 aromatic carbocycles. The Morgan fingerprint density at radius 1 is 1.17 bits per heavy atom. The van der Waals surface area contributed by atoms with Gasteiger partial charge in [-0.15, -0.1) is 10.2 Å². The maximum atomic E-state index is 13.0. The van der Waals surface area contributed by atoms with Gasteiger partial charge in [-0.25, -0.2) is 0 Å². The molecule has 0 spiro atoms. The first-order chi connectivity index (χ1) is 14.3. The number of carbonyl (C=O) groups is 1. The molecular weight excluding hydrogens is 408 g/mol. The van der Waals surface area contributed by atoms with Gasteiger partial charge in [0.2, 0.25) is 11.0 Å². The Morgan fingerprint density at radius 2 is 2.00 bits per heavy atom. The predicted molar refractivity (Wildman–Crippen MR) is 112 cm³/mol. The third kappa shape index (κ3) is 5.51. The second kappa shape index (κ2) is 9.80. The summed E-state index contributed by atoms with van der Waals surface area (Å²) in [4.78, 5) is 14.8. The third-order valence-electron chi connectivity index (χ3n) is 4.53. The standard InChI is InChI=1S/C20H22N4O3S2/c25-18(24(13-17-9-5-11-27-17)15-6-2-1-3-7-15)14-28-20-23-22-19(29-20)21-12-16-8-4-10-26-16/h4-6,8-11H,1-3,7,12-14H2,(H,21,22). The van der Waals surface area contributed by atoms with Gasteiger partial charge in [-0.05, 0) is 49.9 Å². The highest BCUT2D eigenvalue weighted by molar-refractivity contribution is 8.01. The molecule has 0 saturated carbocycles. The number of anilines is 1. The summed E-state index contributed by atoms with van der Waals surface area (Å²) in [6, 6.07) is 7.50. The molecule has 1 aliphatic rings. The molecule has 1 amide bonds. The van der Waals surface area contributed by atoms with Crippen molar-refractivity contribution >= 4 is 34.1 Å². The number of hydrogen-bond donors (Lipinski definition) is 1. The van der Waals surface area contributed by atoms with E-state index < -0.39 is 0 Å². The number of aromatic nitrogens is 2. The van der Waals surface area contributed by atoms with Crippen molar-refractivity contribution in [1.29, 1.82) is 0 Å². The first kappa shape index (κ1) is 19.8. The van der Waals surface area contributed by atoms with Gasteiger partial charge in [-0.1, -0.05) is 29.2 Å². The zero-order chi connectivity index (χ0) is 19.9. The molecule has 0 bridgehead atoms. The number of rotatable bonds is 9. The summed E-state index contributed by atoms with van der Waals surface area (Å²) in [5.74, 6) is 1.99. The van der Waals surface area contributed by atoms with Crippen LogP contribution in [-0.4, -0.2) is 26.8 Å². The van der Waals surface area contributed by atoms with Gasteiger partial charge in [0.1, 0.15) is 11.5 Å². The molecule has 9 heteroatoms. The van der Waals surface area contributed by atoms with Crippen LogP contribution in [0.5, 0.6) is 0 Å². The van der Waals surface area contributed by atoms with Gasteiger partial charge < -0.3 is 19.1 Å². The van der Waals surface area contributed by atoms with Crippen LogP contribution in [0.25, 0.3) is 0 Å². The second-order valence-corrected chi connectivity index (χ2v) is 8.80. The molecule has 0 radical (unpaired) electrons. The van der Waals surface area contributed by atoms with Crippen molar-refractivity contribution in [2.24, 2.45) is 0 Å². The van der Waals surface area contributed by atoms with E-state index in [-0.39, 0.29) is 5.91 Å². The summed E-state index contributed by atoms with van der Waals surface area (Å²) in [6.45, 7) is 1.01. The molecule has 0 aliphatic heterocycles. The molecule has 0 unspecified atom stereocenters. The summed E-state index contributed by atoms with van der Waals surface area (Å²) < 4.78 is 11.5. The molecule has 3 aromatic heterocycles. The summed E-state index contributed by atoms with van der Waals surface area (Å²) in [5, 5.41) is 12.2. The van der Waals surface area contributed by atoms with Crippen LogP contribution in [0, 0.1) is 0 Å². The van der Waals surface area contributed by atoms with Gasteiger partial charge >= 0.3 is 0 Å². The molecular formula is C20H22N4O3S2. The van der Waals surface area contributed by atoms with Crippen LogP contribution in [0.15, 0.2) is 61.7 Å². The van der Waals surface area contributed by atoms with Crippen LogP contribution >= 0.6 is 23.1 Å². The van der Waals surface area contributed by atoms with Crippen LogP contribution in [0.1, 0.15) is 37.2 Å². The summed E-state index contributed by atoms with van der Waals surface area (Å²) in [6.07, 6.45) is 9.70. The number of nitrogens with one attached hydrogen (secondary N) is 1. The molecule has 7 nitrogen and oxygen atoms in total. The monoisotopic (exact) mass is 430 g/mol. The molecule has 0 saturated heterocycles. The largest absolute Gasteiger partial charge is 0.467 e. The lowest BCUT2D eigenvalue weighted by Gasteiger charge is -2.26. The fourth-order valence-corrected chi connectivity index (χ4v) is 4.72. The Bertz CT molecular complexity index is 935. The number of nitrogens with zero attached hydrogens (tertiary/aromatic N) is 3. The van der Waals surface area contributed by atoms with Gasteiger partial charge in [0.25, 0.3) is 0 Å². The maximum absolute atomic E-state index is 13.0. The normalized spacial score (nSPS) is 13.9. The molecule has 0 atom stereocenters. The number of allylic oxidation sites excluding steroid dienone is 2. The van der Waals surface area contributed by atoms with E-state index >= 15 is 0 Å². The van der Waals surface area contributed by atoms with Crippen LogP contribution < -0.4 is 5.32 Å². The topological polar surface area (TPSA) is 84.4 Å². The highest BCUT2D eigenvalue weighted by Crippen LogP contribution is 2.28. The zero-order valence-corrected chi connectivity index (χ0v) is 17.5. The minimum Gasteiger partial charge on any atom is -0.467 e. The van der Waals surface area contributed by atoms with E-state index in [1.165, 1.54) is 29.5 Å². The number of hydrogen-bond acceptors (Lipinski definition) is 8. The Morgan fingerprint density at radius 3 is 2.72 bits per heavy atom. The van der Waals surface area contributed by atoms with Gasteiger partial charge in [0.15, 0.2) is 4.34 Å². The van der Waals surface area contributed by atoms with E-state index in [0.29, 0.717) is 24.0 Å². The predicted octanol–water partition coefficient (Wildman–Crippen LogP) is 4.92. The third-order valence-corrected chi connectivity index (χ3v) is 6.53. The van der Waals surface area contributed by atoms with Crippen molar-refractivity contribution in [1.82, 2.24) is 15.1 Å². The van der Waals surface area contributed by atoms with Crippen molar-refractivity contribution in [2.45, 2.75) is 43.1 Å². The van der Waals surface area contributed by atoms with Crippen LogP contribution in [0.2, 0.25) is 0 Å². The van der Waals surface area contributed by atoms with E-state index in [2.05, 4.69) is 21.6 Å². The molecule has 1 N–H and O–H groups in total. The lowest BCUT2D eigenvalue weighted by atomic mass is 10.0. The van der Waals surface area contributed by atoms with Gasteiger partial charge in [-0.2, -0.15) is 0 Å². The summed E-state index contributed by atoms with van der Waals surface area (Å²) in [7, 11) is 0. The van der Waals surface area contributed by atoms with Crippen molar-refractivity contribution in [3.05, 3.63) is 60.1 Å². The average Bonchev–Trinajstić information content (AvgIpc) is 3.52. The number of thioether (sulfide) groups is 1. The van der Waals surface area contributed by atoms with Crippen molar-refractivity contribution in [2.75, 3.05) is 11.1 Å². The lowest BCUT2D eigenvalue weighted by Crippen LogP contribution is -2.32. The molecule has 4 rings (SSSR count). The maximum Gasteiger partial charge on any atom is 0.237 e. The summed E-state index contributed by atoms with van der Waals surface area (Å²) in [5.41, 5.74) is 1.09. The Balaban J connectivity index is 1.34. The molecule has 0 fully saturated rings. The highest BCUT2D eigenvalue weighted by atomic mass is 32.2. The van der Waals surface area contributed by atoms with Crippen LogP contribution in [-0.2, 0) is 17.9 Å². The van der Waals surface area contributed by atoms with E-state index in [1.54, 1.807) is 12.5 Å². The molecule has 3 heterocycles. The van der Waals surface area contributed by atoms with E-state index in [4.69, 9.17) is 8.83 Å². The number of carbonyl (C=O) groups excluding carboxylic acids is 1. The van der Waals surface area contributed by atoms with E-state index in [1.807, 2.05) is 29.2 Å². The highest BCUT2D eigenvalue weighted by Gasteiger charge is 2.21.